The van der Waals surface area contributed by atoms with E-state index in [4.69, 9.17) is 10.2 Å². The normalized spacial score (nSPS) is 14.5. The zero-order valence-corrected chi connectivity index (χ0v) is 25.0. The van der Waals surface area contributed by atoms with E-state index in [-0.39, 0.29) is 13.2 Å². The highest BCUT2D eigenvalue weighted by molar-refractivity contribution is 7.28. The molecule has 0 atom stereocenters. The van der Waals surface area contributed by atoms with Crippen LogP contribution in [0, 0.1) is 0 Å². The Morgan fingerprint density at radius 3 is 0.976 bits per heavy atom. The fourth-order valence-electron chi connectivity index (χ4n) is 6.15. The van der Waals surface area contributed by atoms with Crippen molar-refractivity contribution in [2.75, 3.05) is 13.2 Å². The number of thiophene rings is 2. The van der Waals surface area contributed by atoms with E-state index >= 15 is 0 Å². The van der Waals surface area contributed by atoms with Gasteiger partial charge in [-0.05, 0) is 48.2 Å². The number of hydrogen-bond acceptors (Lipinski definition) is 6. The summed E-state index contributed by atoms with van der Waals surface area (Å²) in [6, 6.07) is 36.8. The van der Waals surface area contributed by atoms with E-state index in [1.54, 1.807) is 36.5 Å². The van der Waals surface area contributed by atoms with Crippen LogP contribution in [0.25, 0.3) is 31.7 Å². The SMILES string of the molecule is CCO.CCO.OC1(c2cc3sc(C4(O)c5ccccc5-c5ccccc54)cc3s2)c2ccccc2-c2ccccc21. The molecule has 2 aliphatic carbocycles. The molecule has 42 heavy (non-hydrogen) atoms. The van der Waals surface area contributed by atoms with Gasteiger partial charge in [0.05, 0.1) is 0 Å². The lowest BCUT2D eigenvalue weighted by Gasteiger charge is -2.25. The molecule has 0 aliphatic heterocycles. The molecule has 212 valence electrons. The third kappa shape index (κ3) is 4.18. The Hall–Kier alpha value is -3.62. The van der Waals surface area contributed by atoms with Crippen LogP contribution in [0.2, 0.25) is 0 Å². The Balaban J connectivity index is 0.000000488. The van der Waals surface area contributed by atoms with Gasteiger partial charge in [-0.3, -0.25) is 0 Å². The molecule has 0 fully saturated rings. The molecule has 6 heteroatoms. The Morgan fingerprint density at radius 1 is 0.476 bits per heavy atom. The van der Waals surface area contributed by atoms with Crippen molar-refractivity contribution < 1.29 is 20.4 Å². The van der Waals surface area contributed by atoms with E-state index in [9.17, 15) is 10.2 Å². The second-order valence-corrected chi connectivity index (χ2v) is 12.4. The Morgan fingerprint density at radius 2 is 0.714 bits per heavy atom. The molecular weight excluding hydrogens is 561 g/mol. The molecule has 2 heterocycles. The lowest BCUT2D eigenvalue weighted by Crippen LogP contribution is -2.25. The van der Waals surface area contributed by atoms with Crippen LogP contribution in [0.5, 0.6) is 0 Å². The van der Waals surface area contributed by atoms with Gasteiger partial charge < -0.3 is 20.4 Å². The number of aliphatic hydroxyl groups excluding tert-OH is 2. The Bertz CT molecular complexity index is 1630. The van der Waals surface area contributed by atoms with Gasteiger partial charge in [0.1, 0.15) is 0 Å². The number of aliphatic hydroxyl groups is 4. The molecule has 0 bridgehead atoms. The topological polar surface area (TPSA) is 80.9 Å². The molecule has 0 amide bonds. The monoisotopic (exact) mass is 592 g/mol. The van der Waals surface area contributed by atoms with Crippen LogP contribution in [0.1, 0.15) is 45.9 Å². The predicted octanol–water partition coefficient (Wildman–Crippen LogP) is 7.49. The molecule has 0 radical (unpaired) electrons. The average molecular weight is 593 g/mol. The van der Waals surface area contributed by atoms with Crippen LogP contribution >= 0.6 is 22.7 Å². The molecule has 6 aromatic rings. The fourth-order valence-corrected chi connectivity index (χ4v) is 8.78. The summed E-state index contributed by atoms with van der Waals surface area (Å²) in [6.45, 7) is 3.86. The van der Waals surface area contributed by atoms with Crippen LogP contribution in [-0.2, 0) is 11.2 Å². The smallest absolute Gasteiger partial charge is 0.150 e. The van der Waals surface area contributed by atoms with Gasteiger partial charge in [-0.15, -0.1) is 22.7 Å². The average Bonchev–Trinajstić information content (AvgIpc) is 3.74. The first kappa shape index (κ1) is 28.5. The van der Waals surface area contributed by atoms with E-state index in [0.29, 0.717) is 0 Å². The van der Waals surface area contributed by atoms with Crippen molar-refractivity contribution >= 4 is 32.1 Å². The molecule has 4 N–H and O–H groups in total. The van der Waals surface area contributed by atoms with Gasteiger partial charge in [0.15, 0.2) is 11.2 Å². The van der Waals surface area contributed by atoms with E-state index in [0.717, 1.165) is 63.7 Å². The van der Waals surface area contributed by atoms with Gasteiger partial charge in [0, 0.05) is 54.6 Å². The molecular formula is C36H32O4S2. The lowest BCUT2D eigenvalue weighted by molar-refractivity contribution is 0.135. The summed E-state index contributed by atoms with van der Waals surface area (Å²) < 4.78 is 2.16. The summed E-state index contributed by atoms with van der Waals surface area (Å²) in [6.07, 6.45) is 0. The van der Waals surface area contributed by atoms with Gasteiger partial charge in [-0.2, -0.15) is 0 Å². The summed E-state index contributed by atoms with van der Waals surface area (Å²) in [5, 5.41) is 39.6. The quantitative estimate of drug-likeness (QED) is 0.168. The Labute approximate surface area is 253 Å². The standard InChI is InChI=1S/C32H20O2S2.2C2H6O/c33-31(23-13-5-1-9-19(23)20-10-2-6-14-24(20)31)29-17-27-28(35-29)18-30(36-27)32(34)25-15-7-3-11-21(25)22-12-4-8-16-26(22)32;2*1-2-3/h1-18,33-34H;2*3H,2H2,1H3. The molecule has 0 spiro atoms. The summed E-state index contributed by atoms with van der Waals surface area (Å²) in [7, 11) is 0. The van der Waals surface area contributed by atoms with Crippen molar-refractivity contribution in [2.45, 2.75) is 25.0 Å². The molecule has 2 aromatic heterocycles. The van der Waals surface area contributed by atoms with Crippen molar-refractivity contribution in [1.82, 2.24) is 0 Å². The lowest BCUT2D eigenvalue weighted by atomic mass is 9.90. The van der Waals surface area contributed by atoms with Crippen LogP contribution < -0.4 is 0 Å². The molecule has 4 aromatic carbocycles. The van der Waals surface area contributed by atoms with E-state index in [1.807, 2.05) is 72.8 Å². The Kier molecular flexibility index (Phi) is 7.62. The zero-order chi connectivity index (χ0) is 29.5. The van der Waals surface area contributed by atoms with Crippen molar-refractivity contribution in [2.24, 2.45) is 0 Å². The summed E-state index contributed by atoms with van der Waals surface area (Å²) in [5.74, 6) is 0. The van der Waals surface area contributed by atoms with Gasteiger partial charge in [-0.1, -0.05) is 97.1 Å². The second-order valence-electron chi connectivity index (χ2n) is 10.2. The first-order valence-electron chi connectivity index (χ1n) is 14.0. The summed E-state index contributed by atoms with van der Waals surface area (Å²) in [5.41, 5.74) is 5.69. The van der Waals surface area contributed by atoms with Crippen molar-refractivity contribution in [1.29, 1.82) is 0 Å². The van der Waals surface area contributed by atoms with Gasteiger partial charge in [0.25, 0.3) is 0 Å². The van der Waals surface area contributed by atoms with Gasteiger partial charge >= 0.3 is 0 Å². The van der Waals surface area contributed by atoms with Crippen molar-refractivity contribution in [3.8, 4) is 22.3 Å². The highest BCUT2D eigenvalue weighted by atomic mass is 32.1. The minimum Gasteiger partial charge on any atom is -0.397 e. The molecule has 2 aliphatic rings. The maximum atomic E-state index is 12.2. The molecule has 8 rings (SSSR count). The maximum Gasteiger partial charge on any atom is 0.150 e. The number of hydrogen-bond donors (Lipinski definition) is 4. The molecule has 0 saturated heterocycles. The van der Waals surface area contributed by atoms with E-state index < -0.39 is 11.2 Å². The van der Waals surface area contributed by atoms with E-state index in [2.05, 4.69) is 36.4 Å². The van der Waals surface area contributed by atoms with Crippen LogP contribution in [0.15, 0.2) is 109 Å². The third-order valence-corrected chi connectivity index (χ3v) is 10.3. The molecule has 0 saturated carbocycles. The fraction of sp³-hybridized carbons (Fsp3) is 0.167. The minimum absolute atomic E-state index is 0.250. The summed E-state index contributed by atoms with van der Waals surface area (Å²) in [4.78, 5) is 1.82. The molecule has 4 nitrogen and oxygen atoms in total. The maximum absolute atomic E-state index is 12.2. The number of fused-ring (bicyclic) bond motifs is 7. The van der Waals surface area contributed by atoms with Crippen molar-refractivity contribution in [3.63, 3.8) is 0 Å². The largest absolute Gasteiger partial charge is 0.397 e. The zero-order valence-electron chi connectivity index (χ0n) is 23.4. The highest BCUT2D eigenvalue weighted by Crippen LogP contribution is 2.56. The first-order valence-corrected chi connectivity index (χ1v) is 15.7. The van der Waals surface area contributed by atoms with Crippen molar-refractivity contribution in [3.05, 3.63) is 141 Å². The number of benzene rings is 4. The number of rotatable bonds is 2. The van der Waals surface area contributed by atoms with Gasteiger partial charge in [0.2, 0.25) is 0 Å². The van der Waals surface area contributed by atoms with Crippen LogP contribution in [0.4, 0.5) is 0 Å². The third-order valence-electron chi connectivity index (χ3n) is 7.77. The molecule has 0 unspecified atom stereocenters. The van der Waals surface area contributed by atoms with Gasteiger partial charge in [-0.25, -0.2) is 0 Å². The van der Waals surface area contributed by atoms with Crippen LogP contribution in [0.3, 0.4) is 0 Å². The summed E-state index contributed by atoms with van der Waals surface area (Å²) >= 11 is 3.22. The predicted molar refractivity (Wildman–Crippen MR) is 173 cm³/mol. The second kappa shape index (κ2) is 11.2. The first-order chi connectivity index (χ1) is 20.4. The minimum atomic E-state index is -1.18. The van der Waals surface area contributed by atoms with E-state index in [1.165, 1.54) is 0 Å². The van der Waals surface area contributed by atoms with Crippen LogP contribution in [-0.4, -0.2) is 33.6 Å². The highest BCUT2D eigenvalue weighted by Gasteiger charge is 2.46.